The van der Waals surface area contributed by atoms with Crippen molar-refractivity contribution in [3.8, 4) is 0 Å². The van der Waals surface area contributed by atoms with Crippen LogP contribution in [0.5, 0.6) is 0 Å². The average molecular weight is 385 g/mol. The first-order chi connectivity index (χ1) is 12.7. The zero-order valence-corrected chi connectivity index (χ0v) is 13.2. The van der Waals surface area contributed by atoms with Gasteiger partial charge in [-0.2, -0.15) is 23.3 Å². The predicted octanol–water partition coefficient (Wildman–Crippen LogP) is 4.79. The Morgan fingerprint density at radius 1 is 0.815 bits per heavy atom. The molecule has 0 saturated carbocycles. The van der Waals surface area contributed by atoms with Gasteiger partial charge in [-0.05, 0) is 36.4 Å². The van der Waals surface area contributed by atoms with E-state index in [1.54, 1.807) is 0 Å². The molecule has 0 fully saturated rings. The molecule has 140 valence electrons. The molecule has 0 aliphatic rings. The van der Waals surface area contributed by atoms with Crippen LogP contribution in [0.1, 0.15) is 5.56 Å². The Balaban J connectivity index is 1.77. The van der Waals surface area contributed by atoms with Gasteiger partial charge in [-0.3, -0.25) is 0 Å². The number of benzene rings is 2. The molecule has 5 nitrogen and oxygen atoms in total. The number of alkyl halides is 3. The van der Waals surface area contributed by atoms with Crippen molar-refractivity contribution < 1.29 is 26.3 Å². The summed E-state index contributed by atoms with van der Waals surface area (Å²) in [5.74, 6) is -4.63. The molecule has 0 radical (unpaired) electrons. The normalized spacial score (nSPS) is 11.3. The topological polar surface area (TPSA) is 62.7 Å². The molecule has 0 amide bonds. The summed E-state index contributed by atoms with van der Waals surface area (Å²) in [4.78, 5) is 3.93. The summed E-state index contributed by atoms with van der Waals surface area (Å²) in [6.07, 6.45) is -3.29. The summed E-state index contributed by atoms with van der Waals surface area (Å²) < 4.78 is 77.5. The lowest BCUT2D eigenvalue weighted by atomic mass is 10.2. The highest BCUT2D eigenvalue weighted by atomic mass is 19.4. The fourth-order valence-corrected chi connectivity index (χ4v) is 2.05. The van der Waals surface area contributed by atoms with Gasteiger partial charge in [0.25, 0.3) is 0 Å². The minimum atomic E-state index is -4.46. The summed E-state index contributed by atoms with van der Waals surface area (Å²) in [6, 6.07) is 5.81. The first-order valence-electron chi connectivity index (χ1n) is 7.28. The largest absolute Gasteiger partial charge is 0.416 e. The standard InChI is InChI=1S/C16H9F6N5/c17-10-5-6-11(14(19)13(10)18)25-15-26-12(7-23-27-15)24-9-3-1-8(2-4-9)16(20,21)22/h1-7H,(H2,24,25,26,27). The second-order valence-electron chi connectivity index (χ2n) is 5.21. The maximum absolute atomic E-state index is 13.7. The van der Waals surface area contributed by atoms with E-state index >= 15 is 0 Å². The summed E-state index contributed by atoms with van der Waals surface area (Å²) in [7, 11) is 0. The molecule has 3 aromatic rings. The van der Waals surface area contributed by atoms with Gasteiger partial charge in [0.1, 0.15) is 0 Å². The van der Waals surface area contributed by atoms with Gasteiger partial charge in [0.15, 0.2) is 23.3 Å². The van der Waals surface area contributed by atoms with E-state index in [-0.39, 0.29) is 17.5 Å². The van der Waals surface area contributed by atoms with Gasteiger partial charge in [-0.15, -0.1) is 5.10 Å². The third-order valence-electron chi connectivity index (χ3n) is 3.33. The van der Waals surface area contributed by atoms with Crippen LogP contribution in [0.25, 0.3) is 0 Å². The molecule has 0 saturated heterocycles. The highest BCUT2D eigenvalue weighted by Crippen LogP contribution is 2.30. The van der Waals surface area contributed by atoms with Crippen LogP contribution < -0.4 is 10.6 Å². The van der Waals surface area contributed by atoms with Crippen LogP contribution in [0.4, 0.5) is 49.5 Å². The van der Waals surface area contributed by atoms with E-state index in [0.29, 0.717) is 0 Å². The second kappa shape index (κ2) is 7.09. The third kappa shape index (κ3) is 4.25. The van der Waals surface area contributed by atoms with Gasteiger partial charge in [-0.1, -0.05) is 0 Å². The molecule has 27 heavy (non-hydrogen) atoms. The first-order valence-corrected chi connectivity index (χ1v) is 7.28. The minimum Gasteiger partial charge on any atom is -0.339 e. The SMILES string of the molecule is Fc1ccc(Nc2nncc(Nc3ccc(C(F)(F)F)cc3)n2)c(F)c1F. The average Bonchev–Trinajstić information content (AvgIpc) is 2.62. The van der Waals surface area contributed by atoms with Gasteiger partial charge in [-0.25, -0.2) is 13.2 Å². The second-order valence-corrected chi connectivity index (χ2v) is 5.21. The van der Waals surface area contributed by atoms with E-state index in [1.807, 2.05) is 0 Å². The van der Waals surface area contributed by atoms with Crippen molar-refractivity contribution in [1.29, 1.82) is 0 Å². The van der Waals surface area contributed by atoms with Crippen LogP contribution >= 0.6 is 0 Å². The number of nitrogens with zero attached hydrogens (tertiary/aromatic N) is 3. The molecule has 0 aliphatic carbocycles. The molecule has 1 heterocycles. The van der Waals surface area contributed by atoms with Crippen molar-refractivity contribution in [3.63, 3.8) is 0 Å². The van der Waals surface area contributed by atoms with Gasteiger partial charge in [0, 0.05) is 5.69 Å². The van der Waals surface area contributed by atoms with Crippen molar-refractivity contribution >= 4 is 23.1 Å². The van der Waals surface area contributed by atoms with Crippen LogP contribution in [0.3, 0.4) is 0 Å². The minimum absolute atomic E-state index is 0.0789. The van der Waals surface area contributed by atoms with Gasteiger partial charge >= 0.3 is 6.18 Å². The van der Waals surface area contributed by atoms with E-state index in [2.05, 4.69) is 25.8 Å². The first kappa shape index (κ1) is 18.4. The molecule has 1 aromatic heterocycles. The number of nitrogens with one attached hydrogen (secondary N) is 2. The van der Waals surface area contributed by atoms with Crippen LogP contribution in [0.15, 0.2) is 42.6 Å². The zero-order chi connectivity index (χ0) is 19.6. The fraction of sp³-hybridized carbons (Fsp3) is 0.0625. The molecule has 0 unspecified atom stereocenters. The zero-order valence-electron chi connectivity index (χ0n) is 13.2. The van der Waals surface area contributed by atoms with Crippen molar-refractivity contribution in [2.75, 3.05) is 10.6 Å². The number of halogens is 6. The summed E-state index contributed by atoms with van der Waals surface area (Å²) in [5.41, 5.74) is -0.944. The monoisotopic (exact) mass is 385 g/mol. The quantitative estimate of drug-likeness (QED) is 0.499. The van der Waals surface area contributed by atoms with Gasteiger partial charge < -0.3 is 10.6 Å². The van der Waals surface area contributed by atoms with Crippen molar-refractivity contribution in [3.05, 3.63) is 65.6 Å². The molecule has 11 heteroatoms. The number of hydrogen-bond acceptors (Lipinski definition) is 5. The molecular weight excluding hydrogens is 376 g/mol. The van der Waals surface area contributed by atoms with Crippen LogP contribution in [-0.4, -0.2) is 15.2 Å². The lowest BCUT2D eigenvalue weighted by molar-refractivity contribution is -0.137. The number of hydrogen-bond donors (Lipinski definition) is 2. The maximum atomic E-state index is 13.7. The molecular formula is C16H9F6N5. The Labute approximate surface area is 148 Å². The highest BCUT2D eigenvalue weighted by Gasteiger charge is 2.29. The number of anilines is 4. The Kier molecular flexibility index (Phi) is 4.84. The third-order valence-corrected chi connectivity index (χ3v) is 3.33. The summed E-state index contributed by atoms with van der Waals surface area (Å²) in [6.45, 7) is 0. The Hall–Kier alpha value is -3.37. The van der Waals surface area contributed by atoms with Crippen LogP contribution in [0, 0.1) is 17.5 Å². The van der Waals surface area contributed by atoms with Crippen LogP contribution in [-0.2, 0) is 6.18 Å². The van der Waals surface area contributed by atoms with Gasteiger partial charge in [0.05, 0.1) is 17.4 Å². The fourth-order valence-electron chi connectivity index (χ4n) is 2.05. The summed E-state index contributed by atoms with van der Waals surface area (Å²) in [5, 5.41) is 12.2. The Morgan fingerprint density at radius 3 is 2.19 bits per heavy atom. The van der Waals surface area contributed by atoms with E-state index < -0.39 is 34.9 Å². The van der Waals surface area contributed by atoms with Crippen molar-refractivity contribution in [1.82, 2.24) is 15.2 Å². The Bertz CT molecular complexity index is 959. The van der Waals surface area contributed by atoms with Crippen molar-refractivity contribution in [2.24, 2.45) is 0 Å². The lowest BCUT2D eigenvalue weighted by Crippen LogP contribution is -2.06. The van der Waals surface area contributed by atoms with E-state index in [4.69, 9.17) is 0 Å². The molecule has 0 bridgehead atoms. The molecule has 2 aromatic carbocycles. The Morgan fingerprint density at radius 2 is 1.52 bits per heavy atom. The molecule has 0 aliphatic heterocycles. The van der Waals surface area contributed by atoms with Crippen LogP contribution in [0.2, 0.25) is 0 Å². The molecule has 2 N–H and O–H groups in total. The predicted molar refractivity (Wildman–Crippen MR) is 84.2 cm³/mol. The lowest BCUT2D eigenvalue weighted by Gasteiger charge is -2.10. The number of aromatic nitrogens is 3. The summed E-state index contributed by atoms with van der Waals surface area (Å²) >= 11 is 0. The highest BCUT2D eigenvalue weighted by molar-refractivity contribution is 5.59. The maximum Gasteiger partial charge on any atom is 0.416 e. The molecule has 0 atom stereocenters. The molecule has 0 spiro atoms. The van der Waals surface area contributed by atoms with E-state index in [0.717, 1.165) is 24.3 Å². The van der Waals surface area contributed by atoms with E-state index in [9.17, 15) is 26.3 Å². The van der Waals surface area contributed by atoms with Crippen molar-refractivity contribution in [2.45, 2.75) is 6.18 Å². The van der Waals surface area contributed by atoms with E-state index in [1.165, 1.54) is 18.3 Å². The van der Waals surface area contributed by atoms with Gasteiger partial charge in [0.2, 0.25) is 5.95 Å². The smallest absolute Gasteiger partial charge is 0.339 e. The number of rotatable bonds is 4. The molecule has 3 rings (SSSR count).